The molecule has 1 aromatic rings. The fourth-order valence-electron chi connectivity index (χ4n) is 2.05. The Morgan fingerprint density at radius 1 is 1.44 bits per heavy atom. The van der Waals surface area contributed by atoms with Crippen LogP contribution in [0, 0.1) is 0 Å². The quantitative estimate of drug-likeness (QED) is 0.886. The van der Waals surface area contributed by atoms with Crippen molar-refractivity contribution in [1.29, 1.82) is 0 Å². The molecule has 2 N–H and O–H groups in total. The van der Waals surface area contributed by atoms with Crippen molar-refractivity contribution in [3.8, 4) is 5.75 Å². The van der Waals surface area contributed by atoms with Crippen molar-refractivity contribution in [3.63, 3.8) is 0 Å². The molecular formula is C14H20N2O2. The monoisotopic (exact) mass is 248 g/mol. The maximum atomic E-state index is 12.0. The Morgan fingerprint density at radius 3 is 2.78 bits per heavy atom. The van der Waals surface area contributed by atoms with E-state index in [2.05, 4.69) is 6.92 Å². The molecule has 0 aromatic heterocycles. The van der Waals surface area contributed by atoms with Gasteiger partial charge in [-0.15, -0.1) is 0 Å². The largest absolute Gasteiger partial charge is 0.482 e. The second-order valence-corrected chi connectivity index (χ2v) is 5.41. The summed E-state index contributed by atoms with van der Waals surface area (Å²) in [6.45, 7) is 6.51. The van der Waals surface area contributed by atoms with Gasteiger partial charge >= 0.3 is 0 Å². The maximum absolute atomic E-state index is 12.0. The van der Waals surface area contributed by atoms with Gasteiger partial charge in [0.15, 0.2) is 6.61 Å². The van der Waals surface area contributed by atoms with E-state index in [-0.39, 0.29) is 12.5 Å². The molecule has 0 saturated heterocycles. The molecule has 0 saturated carbocycles. The summed E-state index contributed by atoms with van der Waals surface area (Å²) in [5.41, 5.74) is 7.62. The Morgan fingerprint density at radius 2 is 2.17 bits per heavy atom. The summed E-state index contributed by atoms with van der Waals surface area (Å²) in [6, 6.07) is 5.97. The number of carbonyl (C=O) groups excluding carboxylic acids is 1. The SMILES string of the molecule is CCc1ccc2c(c1)N(CC(C)(C)N)C(=O)CO2. The van der Waals surface area contributed by atoms with Gasteiger partial charge in [-0.3, -0.25) is 4.79 Å². The summed E-state index contributed by atoms with van der Waals surface area (Å²) in [6.07, 6.45) is 0.932. The molecule has 1 heterocycles. The van der Waals surface area contributed by atoms with Gasteiger partial charge in [-0.05, 0) is 38.0 Å². The number of ether oxygens (including phenoxy) is 1. The third-order valence-electron chi connectivity index (χ3n) is 2.94. The number of carbonyl (C=O) groups is 1. The fraction of sp³-hybridized carbons (Fsp3) is 0.500. The van der Waals surface area contributed by atoms with Crippen LogP contribution in [0.5, 0.6) is 5.75 Å². The van der Waals surface area contributed by atoms with E-state index in [1.54, 1.807) is 4.90 Å². The number of amides is 1. The Kier molecular flexibility index (Phi) is 3.30. The van der Waals surface area contributed by atoms with E-state index in [1.165, 1.54) is 5.56 Å². The van der Waals surface area contributed by atoms with Crippen LogP contribution in [0.4, 0.5) is 5.69 Å². The first kappa shape index (κ1) is 12.9. The zero-order valence-electron chi connectivity index (χ0n) is 11.2. The van der Waals surface area contributed by atoms with E-state index >= 15 is 0 Å². The predicted molar refractivity (Wildman–Crippen MR) is 71.9 cm³/mol. The van der Waals surface area contributed by atoms with Crippen LogP contribution in [0.15, 0.2) is 18.2 Å². The molecule has 0 fully saturated rings. The first-order valence-corrected chi connectivity index (χ1v) is 6.25. The van der Waals surface area contributed by atoms with Gasteiger partial charge < -0.3 is 15.4 Å². The molecule has 1 amide bonds. The lowest BCUT2D eigenvalue weighted by molar-refractivity contribution is -0.121. The van der Waals surface area contributed by atoms with Crippen LogP contribution < -0.4 is 15.4 Å². The van der Waals surface area contributed by atoms with Gasteiger partial charge in [0.1, 0.15) is 5.75 Å². The number of rotatable bonds is 3. The van der Waals surface area contributed by atoms with Crippen molar-refractivity contribution in [2.45, 2.75) is 32.7 Å². The van der Waals surface area contributed by atoms with Gasteiger partial charge in [-0.25, -0.2) is 0 Å². The third kappa shape index (κ3) is 2.64. The summed E-state index contributed by atoms with van der Waals surface area (Å²) < 4.78 is 5.45. The standard InChI is InChI=1S/C14H20N2O2/c1-4-10-5-6-12-11(7-10)16(9-14(2,3)15)13(17)8-18-12/h5-7H,4,8-9,15H2,1-3H3. The normalized spacial score (nSPS) is 15.3. The van der Waals surface area contributed by atoms with Crippen LogP contribution in [0.3, 0.4) is 0 Å². The predicted octanol–water partition coefficient (Wildman–Crippen LogP) is 1.71. The van der Waals surface area contributed by atoms with Crippen LogP contribution in [-0.2, 0) is 11.2 Å². The lowest BCUT2D eigenvalue weighted by atomic mass is 10.0. The molecule has 0 atom stereocenters. The second kappa shape index (κ2) is 4.61. The van der Waals surface area contributed by atoms with E-state index in [0.717, 1.165) is 17.9 Å². The molecule has 1 aromatic carbocycles. The van der Waals surface area contributed by atoms with E-state index in [0.29, 0.717) is 6.54 Å². The lowest BCUT2D eigenvalue weighted by Crippen LogP contribution is -2.50. The number of benzene rings is 1. The summed E-state index contributed by atoms with van der Waals surface area (Å²) >= 11 is 0. The van der Waals surface area contributed by atoms with Crippen LogP contribution >= 0.6 is 0 Å². The average Bonchev–Trinajstić information content (AvgIpc) is 2.31. The molecular weight excluding hydrogens is 228 g/mol. The molecule has 98 valence electrons. The molecule has 4 heteroatoms. The molecule has 0 aliphatic carbocycles. The highest BCUT2D eigenvalue weighted by molar-refractivity contribution is 5.98. The number of hydrogen-bond acceptors (Lipinski definition) is 3. The van der Waals surface area contributed by atoms with Crippen molar-refractivity contribution >= 4 is 11.6 Å². The van der Waals surface area contributed by atoms with Crippen molar-refractivity contribution in [3.05, 3.63) is 23.8 Å². The number of fused-ring (bicyclic) bond motifs is 1. The Hall–Kier alpha value is -1.55. The highest BCUT2D eigenvalue weighted by Crippen LogP contribution is 2.33. The molecule has 0 unspecified atom stereocenters. The summed E-state index contributed by atoms with van der Waals surface area (Å²) in [5, 5.41) is 0. The van der Waals surface area contributed by atoms with Gasteiger partial charge in [0.05, 0.1) is 5.69 Å². The Labute approximate surface area is 108 Å². The zero-order chi connectivity index (χ0) is 13.3. The molecule has 1 aliphatic rings. The fourth-order valence-corrected chi connectivity index (χ4v) is 2.05. The first-order chi connectivity index (χ1) is 8.40. The highest BCUT2D eigenvalue weighted by Gasteiger charge is 2.29. The van der Waals surface area contributed by atoms with E-state index in [9.17, 15) is 4.79 Å². The first-order valence-electron chi connectivity index (χ1n) is 6.25. The number of nitrogens with two attached hydrogens (primary N) is 1. The van der Waals surface area contributed by atoms with Gasteiger partial charge in [-0.1, -0.05) is 13.0 Å². The van der Waals surface area contributed by atoms with Crippen LogP contribution in [0.2, 0.25) is 0 Å². The molecule has 0 bridgehead atoms. The minimum atomic E-state index is -0.424. The van der Waals surface area contributed by atoms with Crippen LogP contribution in [0.1, 0.15) is 26.3 Å². The van der Waals surface area contributed by atoms with Crippen molar-refractivity contribution < 1.29 is 9.53 Å². The molecule has 1 aliphatic heterocycles. The second-order valence-electron chi connectivity index (χ2n) is 5.41. The lowest BCUT2D eigenvalue weighted by Gasteiger charge is -2.34. The van der Waals surface area contributed by atoms with E-state index in [1.807, 2.05) is 32.0 Å². The van der Waals surface area contributed by atoms with Crippen LogP contribution in [-0.4, -0.2) is 24.6 Å². The average molecular weight is 248 g/mol. The van der Waals surface area contributed by atoms with Crippen molar-refractivity contribution in [1.82, 2.24) is 0 Å². The number of hydrogen-bond donors (Lipinski definition) is 1. The minimum Gasteiger partial charge on any atom is -0.482 e. The van der Waals surface area contributed by atoms with Gasteiger partial charge in [0, 0.05) is 12.1 Å². The topological polar surface area (TPSA) is 55.6 Å². The summed E-state index contributed by atoms with van der Waals surface area (Å²) in [5.74, 6) is 0.727. The molecule has 0 spiro atoms. The number of aryl methyl sites for hydroxylation is 1. The maximum Gasteiger partial charge on any atom is 0.265 e. The number of nitrogens with zero attached hydrogens (tertiary/aromatic N) is 1. The van der Waals surface area contributed by atoms with Crippen LogP contribution in [0.25, 0.3) is 0 Å². The smallest absolute Gasteiger partial charge is 0.265 e. The van der Waals surface area contributed by atoms with Gasteiger partial charge in [-0.2, -0.15) is 0 Å². The van der Waals surface area contributed by atoms with Crippen molar-refractivity contribution in [2.24, 2.45) is 5.73 Å². The third-order valence-corrected chi connectivity index (χ3v) is 2.94. The Balaban J connectivity index is 2.39. The summed E-state index contributed by atoms with van der Waals surface area (Å²) in [7, 11) is 0. The molecule has 4 nitrogen and oxygen atoms in total. The molecule has 0 radical (unpaired) electrons. The van der Waals surface area contributed by atoms with E-state index < -0.39 is 5.54 Å². The zero-order valence-corrected chi connectivity index (χ0v) is 11.2. The molecule has 18 heavy (non-hydrogen) atoms. The van der Waals surface area contributed by atoms with E-state index in [4.69, 9.17) is 10.5 Å². The Bertz CT molecular complexity index is 463. The highest BCUT2D eigenvalue weighted by atomic mass is 16.5. The number of anilines is 1. The molecule has 2 rings (SSSR count). The van der Waals surface area contributed by atoms with Gasteiger partial charge in [0.2, 0.25) is 0 Å². The van der Waals surface area contributed by atoms with Crippen molar-refractivity contribution in [2.75, 3.05) is 18.1 Å². The summed E-state index contributed by atoms with van der Waals surface area (Å²) in [4.78, 5) is 13.7. The van der Waals surface area contributed by atoms with Gasteiger partial charge in [0.25, 0.3) is 5.91 Å². The minimum absolute atomic E-state index is 0.0331.